The third kappa shape index (κ3) is 5.61. The summed E-state index contributed by atoms with van der Waals surface area (Å²) in [5.41, 5.74) is 0.342. The maximum atomic E-state index is 12.3. The molecule has 138 valence electrons. The van der Waals surface area contributed by atoms with E-state index in [1.54, 1.807) is 0 Å². The first-order valence-corrected chi connectivity index (χ1v) is 8.56. The molecular weight excluding hydrogens is 377 g/mol. The van der Waals surface area contributed by atoms with Crippen molar-refractivity contribution >= 4 is 40.7 Å². The van der Waals surface area contributed by atoms with Gasteiger partial charge in [-0.3, -0.25) is 9.59 Å². The van der Waals surface area contributed by atoms with Crippen LogP contribution in [0.5, 0.6) is 5.75 Å². The molecule has 26 heavy (non-hydrogen) atoms. The minimum Gasteiger partial charge on any atom is -0.508 e. The van der Waals surface area contributed by atoms with Crippen LogP contribution in [0.15, 0.2) is 30.5 Å². The Labute approximate surface area is 161 Å². The summed E-state index contributed by atoms with van der Waals surface area (Å²) < 4.78 is 0. The highest BCUT2D eigenvalue weighted by Crippen LogP contribution is 2.24. The number of carbonyl (C=O) groups excluding carboxylic acids is 2. The SMILES string of the molecule is CC(C)(C)NC(=O)c1cc(NC(=O)Cc2cc(Cl)ccc2O)c(Cl)cn1. The Kier molecular flexibility index (Phi) is 6.10. The van der Waals surface area contributed by atoms with E-state index < -0.39 is 11.4 Å². The number of hydrogen-bond donors (Lipinski definition) is 3. The Morgan fingerprint density at radius 1 is 1.19 bits per heavy atom. The first-order chi connectivity index (χ1) is 12.0. The van der Waals surface area contributed by atoms with Crippen LogP contribution in [0.3, 0.4) is 0 Å². The van der Waals surface area contributed by atoms with Crippen LogP contribution in [0.4, 0.5) is 5.69 Å². The first-order valence-electron chi connectivity index (χ1n) is 7.80. The lowest BCUT2D eigenvalue weighted by Gasteiger charge is -2.20. The number of halogens is 2. The Hall–Kier alpha value is -2.31. The van der Waals surface area contributed by atoms with Crippen molar-refractivity contribution in [3.8, 4) is 5.75 Å². The highest BCUT2D eigenvalue weighted by atomic mass is 35.5. The molecular formula is C18H19Cl2N3O3. The zero-order valence-corrected chi connectivity index (χ0v) is 16.1. The van der Waals surface area contributed by atoms with Gasteiger partial charge in [0.05, 0.1) is 17.1 Å². The van der Waals surface area contributed by atoms with E-state index in [2.05, 4.69) is 15.6 Å². The normalized spacial score (nSPS) is 11.1. The summed E-state index contributed by atoms with van der Waals surface area (Å²) >= 11 is 11.9. The van der Waals surface area contributed by atoms with Crippen LogP contribution in [-0.2, 0) is 11.2 Å². The molecule has 0 unspecified atom stereocenters. The quantitative estimate of drug-likeness (QED) is 0.733. The summed E-state index contributed by atoms with van der Waals surface area (Å²) in [6, 6.07) is 5.85. The van der Waals surface area contributed by atoms with Crippen LogP contribution in [0, 0.1) is 0 Å². The molecule has 2 aromatic rings. The summed E-state index contributed by atoms with van der Waals surface area (Å²) in [5, 5.41) is 15.8. The molecule has 0 bridgehead atoms. The van der Waals surface area contributed by atoms with Gasteiger partial charge in [-0.15, -0.1) is 0 Å². The number of aromatic hydroxyl groups is 1. The number of anilines is 1. The summed E-state index contributed by atoms with van der Waals surface area (Å²) in [6.45, 7) is 5.54. The lowest BCUT2D eigenvalue weighted by atomic mass is 10.1. The van der Waals surface area contributed by atoms with Gasteiger partial charge in [-0.1, -0.05) is 23.2 Å². The van der Waals surface area contributed by atoms with E-state index in [1.165, 1.54) is 30.5 Å². The molecule has 0 aliphatic heterocycles. The van der Waals surface area contributed by atoms with Gasteiger partial charge in [-0.25, -0.2) is 4.98 Å². The van der Waals surface area contributed by atoms with Gasteiger partial charge in [0, 0.05) is 22.3 Å². The molecule has 0 spiro atoms. The monoisotopic (exact) mass is 395 g/mol. The topological polar surface area (TPSA) is 91.3 Å². The van der Waals surface area contributed by atoms with E-state index in [4.69, 9.17) is 23.2 Å². The predicted molar refractivity (Wildman–Crippen MR) is 102 cm³/mol. The molecule has 0 aliphatic rings. The number of phenolic OH excluding ortho intramolecular Hbond substituents is 1. The van der Waals surface area contributed by atoms with Gasteiger partial charge in [-0.2, -0.15) is 0 Å². The first kappa shape index (κ1) is 20.0. The average Bonchev–Trinajstić information content (AvgIpc) is 2.51. The summed E-state index contributed by atoms with van der Waals surface area (Å²) in [4.78, 5) is 28.5. The number of benzene rings is 1. The molecule has 6 nitrogen and oxygen atoms in total. The van der Waals surface area contributed by atoms with Gasteiger partial charge in [0.1, 0.15) is 11.4 Å². The van der Waals surface area contributed by atoms with Gasteiger partial charge in [0.25, 0.3) is 5.91 Å². The summed E-state index contributed by atoms with van der Waals surface area (Å²) in [7, 11) is 0. The van der Waals surface area contributed by atoms with Crippen LogP contribution in [-0.4, -0.2) is 27.4 Å². The highest BCUT2D eigenvalue weighted by Gasteiger charge is 2.18. The van der Waals surface area contributed by atoms with Crippen molar-refractivity contribution in [3.05, 3.63) is 51.8 Å². The van der Waals surface area contributed by atoms with Crippen molar-refractivity contribution in [1.29, 1.82) is 0 Å². The zero-order valence-electron chi connectivity index (χ0n) is 14.6. The van der Waals surface area contributed by atoms with Crippen molar-refractivity contribution in [2.24, 2.45) is 0 Å². The lowest BCUT2D eigenvalue weighted by molar-refractivity contribution is -0.115. The van der Waals surface area contributed by atoms with Crippen LogP contribution >= 0.6 is 23.2 Å². The third-order valence-corrected chi connectivity index (χ3v) is 3.78. The second kappa shape index (κ2) is 7.93. The molecule has 0 fully saturated rings. The molecule has 2 rings (SSSR count). The molecule has 0 radical (unpaired) electrons. The van der Waals surface area contributed by atoms with Crippen LogP contribution in [0.25, 0.3) is 0 Å². The third-order valence-electron chi connectivity index (χ3n) is 3.24. The van der Waals surface area contributed by atoms with E-state index in [-0.39, 0.29) is 34.5 Å². The van der Waals surface area contributed by atoms with Crippen molar-refractivity contribution in [2.75, 3.05) is 5.32 Å². The molecule has 1 aromatic carbocycles. The predicted octanol–water partition coefficient (Wildman–Crippen LogP) is 3.80. The van der Waals surface area contributed by atoms with Crippen LogP contribution in [0.2, 0.25) is 10.0 Å². The maximum Gasteiger partial charge on any atom is 0.270 e. The molecule has 0 atom stereocenters. The second-order valence-electron chi connectivity index (χ2n) is 6.75. The van der Waals surface area contributed by atoms with Gasteiger partial charge in [-0.05, 0) is 45.0 Å². The number of nitrogens with zero attached hydrogens (tertiary/aromatic N) is 1. The Morgan fingerprint density at radius 2 is 1.88 bits per heavy atom. The molecule has 0 aliphatic carbocycles. The van der Waals surface area contributed by atoms with Gasteiger partial charge in [0.15, 0.2) is 0 Å². The fraction of sp³-hybridized carbons (Fsp3) is 0.278. The van der Waals surface area contributed by atoms with Gasteiger partial charge in [0.2, 0.25) is 5.91 Å². The van der Waals surface area contributed by atoms with Crippen molar-refractivity contribution in [3.63, 3.8) is 0 Å². The van der Waals surface area contributed by atoms with Gasteiger partial charge < -0.3 is 15.7 Å². The van der Waals surface area contributed by atoms with E-state index >= 15 is 0 Å². The number of aromatic nitrogens is 1. The number of amides is 2. The van der Waals surface area contributed by atoms with Gasteiger partial charge >= 0.3 is 0 Å². The molecule has 1 aromatic heterocycles. The molecule has 0 saturated carbocycles. The van der Waals surface area contributed by atoms with Crippen LogP contribution < -0.4 is 10.6 Å². The number of rotatable bonds is 4. The van der Waals surface area contributed by atoms with E-state index in [0.717, 1.165) is 0 Å². The second-order valence-corrected chi connectivity index (χ2v) is 7.60. The standard InChI is InChI=1S/C18H19Cl2N3O3/c1-18(2,3)23-17(26)14-8-13(12(20)9-21-14)22-16(25)7-10-6-11(19)4-5-15(10)24/h4-6,8-9,24H,7H2,1-3H3,(H,23,26)(H,21,22,25). The molecule has 3 N–H and O–H groups in total. The zero-order chi connectivity index (χ0) is 19.5. The number of carbonyl (C=O) groups is 2. The van der Waals surface area contributed by atoms with Crippen molar-refractivity contribution in [1.82, 2.24) is 10.3 Å². The lowest BCUT2D eigenvalue weighted by Crippen LogP contribution is -2.40. The summed E-state index contributed by atoms with van der Waals surface area (Å²) in [6.07, 6.45) is 1.19. The van der Waals surface area contributed by atoms with Crippen LogP contribution in [0.1, 0.15) is 36.8 Å². The van der Waals surface area contributed by atoms with E-state index in [9.17, 15) is 14.7 Å². The Morgan fingerprint density at radius 3 is 2.54 bits per heavy atom. The van der Waals surface area contributed by atoms with Crippen molar-refractivity contribution < 1.29 is 14.7 Å². The maximum absolute atomic E-state index is 12.3. The molecule has 0 saturated heterocycles. The highest BCUT2D eigenvalue weighted by molar-refractivity contribution is 6.33. The minimum atomic E-state index is -0.425. The molecule has 1 heterocycles. The van der Waals surface area contributed by atoms with E-state index in [0.29, 0.717) is 10.6 Å². The summed E-state index contributed by atoms with van der Waals surface area (Å²) in [5.74, 6) is -0.828. The smallest absolute Gasteiger partial charge is 0.270 e. The average molecular weight is 396 g/mol. The Balaban J connectivity index is 2.15. The minimum absolute atomic E-state index is 0.0318. The fourth-order valence-electron chi connectivity index (χ4n) is 2.13. The van der Waals surface area contributed by atoms with Crippen molar-refractivity contribution in [2.45, 2.75) is 32.7 Å². The Bertz CT molecular complexity index is 848. The number of phenols is 1. The number of pyridine rings is 1. The molecule has 8 heteroatoms. The molecule has 2 amide bonds. The number of hydrogen-bond acceptors (Lipinski definition) is 4. The fourth-order valence-corrected chi connectivity index (χ4v) is 2.47. The number of nitrogens with one attached hydrogen (secondary N) is 2. The van der Waals surface area contributed by atoms with E-state index in [1.807, 2.05) is 20.8 Å². The largest absolute Gasteiger partial charge is 0.508 e.